The highest BCUT2D eigenvalue weighted by Gasteiger charge is 2.39. The minimum Gasteiger partial charge on any atom is -0.369 e. The second-order valence-corrected chi connectivity index (χ2v) is 9.32. The van der Waals surface area contributed by atoms with Gasteiger partial charge in [-0.1, -0.05) is 0 Å². The Hall–Kier alpha value is -2.70. The molecule has 3 N–H and O–H groups in total. The number of nitrogens with one attached hydrogen (secondary N) is 1. The molecule has 39 heavy (non-hydrogen) atoms. The summed E-state index contributed by atoms with van der Waals surface area (Å²) in [7, 11) is -0.524. The van der Waals surface area contributed by atoms with E-state index in [1.165, 1.54) is 17.2 Å². The second-order valence-electron chi connectivity index (χ2n) is 8.28. The Morgan fingerprint density at radius 1 is 1.28 bits per heavy atom. The number of hydrogen-bond acceptors (Lipinski definition) is 15. The quantitative estimate of drug-likeness (QED) is 0.0971. The van der Waals surface area contributed by atoms with Gasteiger partial charge in [0.05, 0.1) is 37.8 Å². The molecule has 5 heterocycles. The van der Waals surface area contributed by atoms with Crippen molar-refractivity contribution in [3.05, 3.63) is 35.0 Å². The number of rotatable bonds is 13. The first kappa shape index (κ1) is 27.9. The third kappa shape index (κ3) is 6.22. The van der Waals surface area contributed by atoms with Crippen LogP contribution in [0.5, 0.6) is 0 Å². The molecule has 4 atom stereocenters. The first-order chi connectivity index (χ1) is 19.0. The minimum absolute atomic E-state index is 0.0703. The van der Waals surface area contributed by atoms with Gasteiger partial charge in [-0.25, -0.2) is 24.5 Å². The second kappa shape index (κ2) is 12.6. The van der Waals surface area contributed by atoms with Gasteiger partial charge in [-0.15, -0.1) is 12.6 Å². The van der Waals surface area contributed by atoms with Crippen LogP contribution in [0.15, 0.2) is 23.6 Å². The summed E-state index contributed by atoms with van der Waals surface area (Å²) in [4.78, 5) is 35.6. The molecule has 1 aliphatic rings. The number of imidazole rings is 2. The first-order valence-corrected chi connectivity index (χ1v) is 13.5. The molecule has 1 saturated heterocycles. The molecule has 1 fully saturated rings. The Morgan fingerprint density at radius 3 is 2.97 bits per heavy atom. The highest BCUT2D eigenvalue weighted by atomic mass is 32.1. The predicted octanol–water partition coefficient (Wildman–Crippen LogP) is 1.07. The van der Waals surface area contributed by atoms with Crippen LogP contribution < -0.4 is 11.3 Å². The van der Waals surface area contributed by atoms with Crippen LogP contribution >= 0.6 is 33.9 Å². The number of ether oxygens (including phenoxy) is 4. The molecule has 16 nitrogen and oxygen atoms in total. The van der Waals surface area contributed by atoms with Gasteiger partial charge >= 0.3 is 8.69 Å². The molecule has 1 aliphatic heterocycles. The number of aromatic amines is 1. The molecule has 0 saturated carbocycles. The number of fused-ring (bicyclic) bond motifs is 2. The summed E-state index contributed by atoms with van der Waals surface area (Å²) in [6.07, 6.45) is 2.94. The highest BCUT2D eigenvalue weighted by Crippen LogP contribution is 2.35. The Morgan fingerprint density at radius 2 is 2.15 bits per heavy atom. The van der Waals surface area contributed by atoms with Crippen molar-refractivity contribution in [2.24, 2.45) is 0 Å². The van der Waals surface area contributed by atoms with Crippen LogP contribution in [0.25, 0.3) is 22.3 Å². The van der Waals surface area contributed by atoms with E-state index in [0.717, 1.165) is 0 Å². The summed E-state index contributed by atoms with van der Waals surface area (Å²) in [5.41, 5.74) is 5.94. The van der Waals surface area contributed by atoms with Crippen LogP contribution in [0, 0.1) is 0 Å². The summed E-state index contributed by atoms with van der Waals surface area (Å²) in [6.45, 7) is 1.03. The number of hydrogen-bond donors (Lipinski definition) is 4. The van der Waals surface area contributed by atoms with Crippen LogP contribution in [-0.4, -0.2) is 76.0 Å². The van der Waals surface area contributed by atoms with E-state index < -0.39 is 38.3 Å². The molecule has 4 aromatic heterocycles. The Labute approximate surface area is 232 Å². The highest BCUT2D eigenvalue weighted by molar-refractivity contribution is 7.80. The molecule has 19 heteroatoms. The average Bonchev–Trinajstić information content (AvgIpc) is 3.62. The van der Waals surface area contributed by atoms with Gasteiger partial charge in [0.1, 0.15) is 30.4 Å². The van der Waals surface area contributed by atoms with Gasteiger partial charge in [-0.3, -0.25) is 18.9 Å². The molecule has 0 spiro atoms. The van der Waals surface area contributed by atoms with Gasteiger partial charge in [-0.05, 0) is 0 Å². The SMILES string of the molecule is Nc1nc2c(ncn2[C@@H]2O[C@H](COC(S)OCCn3c(COCS)nc4cncnc43)C[C@H]2OP=O)c(=O)[nH]1. The van der Waals surface area contributed by atoms with E-state index in [2.05, 4.69) is 55.2 Å². The molecule has 0 amide bonds. The van der Waals surface area contributed by atoms with Crippen molar-refractivity contribution in [2.45, 2.75) is 43.6 Å². The fourth-order valence-corrected chi connectivity index (χ4v) is 4.82. The first-order valence-electron chi connectivity index (χ1n) is 11.6. The lowest BCUT2D eigenvalue weighted by Crippen LogP contribution is -2.22. The fourth-order valence-electron chi connectivity index (χ4n) is 4.24. The van der Waals surface area contributed by atoms with Crippen LogP contribution in [0.4, 0.5) is 5.95 Å². The molecule has 5 rings (SSSR count). The normalized spacial score (nSPS) is 20.4. The van der Waals surface area contributed by atoms with Gasteiger partial charge in [-0.2, -0.15) is 17.6 Å². The fraction of sp³-hybridized carbons (Fsp3) is 0.500. The number of H-pyrrole nitrogens is 1. The molecular weight excluding hydrogens is 573 g/mol. The van der Waals surface area contributed by atoms with E-state index in [0.29, 0.717) is 30.0 Å². The maximum absolute atomic E-state index is 12.1. The van der Waals surface area contributed by atoms with E-state index in [1.807, 2.05) is 4.57 Å². The van der Waals surface area contributed by atoms with E-state index >= 15 is 0 Å². The van der Waals surface area contributed by atoms with Crippen LogP contribution in [0.3, 0.4) is 0 Å². The van der Waals surface area contributed by atoms with Crippen LogP contribution in [-0.2, 0) is 41.2 Å². The number of aromatic nitrogens is 8. The van der Waals surface area contributed by atoms with Crippen molar-refractivity contribution in [3.8, 4) is 0 Å². The zero-order chi connectivity index (χ0) is 27.4. The van der Waals surface area contributed by atoms with E-state index in [9.17, 15) is 9.36 Å². The largest absolute Gasteiger partial charge is 0.369 e. The molecule has 208 valence electrons. The van der Waals surface area contributed by atoms with Gasteiger partial charge in [0.2, 0.25) is 11.6 Å². The number of thiol groups is 2. The predicted molar refractivity (Wildman–Crippen MR) is 142 cm³/mol. The molecule has 0 bridgehead atoms. The third-order valence-corrected chi connectivity index (χ3v) is 6.70. The number of nitrogen functional groups attached to an aromatic ring is 1. The maximum atomic E-state index is 12.1. The molecule has 4 aromatic rings. The Bertz CT molecular complexity index is 1500. The maximum Gasteiger partial charge on any atom is 0.327 e. The van der Waals surface area contributed by atoms with Crippen molar-refractivity contribution in [2.75, 3.05) is 24.9 Å². The molecule has 1 unspecified atom stereocenters. The zero-order valence-electron chi connectivity index (χ0n) is 20.2. The molecular formula is C20H24N9O7PS2. The van der Waals surface area contributed by atoms with Gasteiger partial charge < -0.3 is 29.2 Å². The molecule has 0 aliphatic carbocycles. The summed E-state index contributed by atoms with van der Waals surface area (Å²) in [6, 6.07) is 0. The topological polar surface area (TPSA) is 196 Å². The lowest BCUT2D eigenvalue weighted by atomic mass is 10.2. The van der Waals surface area contributed by atoms with Crippen molar-refractivity contribution < 1.29 is 28.0 Å². The lowest BCUT2D eigenvalue weighted by molar-refractivity contribution is -0.119. The lowest BCUT2D eigenvalue weighted by Gasteiger charge is -2.19. The van der Waals surface area contributed by atoms with Crippen LogP contribution in [0.2, 0.25) is 0 Å². The summed E-state index contributed by atoms with van der Waals surface area (Å²) in [5, 5.41) is 0. The van der Waals surface area contributed by atoms with Crippen molar-refractivity contribution in [3.63, 3.8) is 0 Å². The molecule has 0 aromatic carbocycles. The van der Waals surface area contributed by atoms with Crippen molar-refractivity contribution >= 4 is 62.2 Å². The van der Waals surface area contributed by atoms with E-state index in [4.69, 9.17) is 29.2 Å². The van der Waals surface area contributed by atoms with Crippen molar-refractivity contribution in [1.82, 2.24) is 39.0 Å². The van der Waals surface area contributed by atoms with Gasteiger partial charge in [0.25, 0.3) is 5.56 Å². The smallest absolute Gasteiger partial charge is 0.327 e. The van der Waals surface area contributed by atoms with Crippen LogP contribution in [0.1, 0.15) is 18.5 Å². The van der Waals surface area contributed by atoms with E-state index in [-0.39, 0.29) is 42.9 Å². The van der Waals surface area contributed by atoms with E-state index in [1.54, 1.807) is 6.20 Å². The average molecular weight is 598 g/mol. The summed E-state index contributed by atoms with van der Waals surface area (Å²) in [5.74, 6) is 0.848. The summed E-state index contributed by atoms with van der Waals surface area (Å²) < 4.78 is 42.8. The minimum atomic E-state index is -0.861. The molecule has 0 radical (unpaired) electrons. The Balaban J connectivity index is 1.18. The standard InChI is InChI=1S/C20H24N9O7PS2/c21-19-26-16-14(17(30)27-19)24-8-29(16)18-12(36-37-31)3-10(35-18)5-34-20(39)33-2-1-28-13(6-32-9-38)25-11-4-22-7-23-15(11)28/h4,7-8,10,12,18,20,38-39H,1-3,5-6,9H2,(H3,21,26,27,30)/t10-,12+,18+,20?/m0/s1. The zero-order valence-corrected chi connectivity index (χ0v) is 22.9. The summed E-state index contributed by atoms with van der Waals surface area (Å²) >= 11 is 8.43. The monoisotopic (exact) mass is 597 g/mol. The third-order valence-electron chi connectivity index (χ3n) is 5.86. The van der Waals surface area contributed by atoms with Gasteiger partial charge in [0.15, 0.2) is 23.0 Å². The number of nitrogens with zero attached hydrogens (tertiary/aromatic N) is 7. The van der Waals surface area contributed by atoms with Crippen molar-refractivity contribution in [1.29, 1.82) is 0 Å². The number of nitrogens with two attached hydrogens (primary N) is 1. The Kier molecular flexibility index (Phi) is 9.03. The van der Waals surface area contributed by atoms with Gasteiger partial charge in [0, 0.05) is 13.0 Å². The number of anilines is 1.